The van der Waals surface area contributed by atoms with Crippen LogP contribution in [0.1, 0.15) is 21.7 Å². The van der Waals surface area contributed by atoms with Crippen molar-refractivity contribution in [3.05, 3.63) is 81.5 Å². The largest absolute Gasteiger partial charge is 0.478 e. The van der Waals surface area contributed by atoms with E-state index in [1.807, 2.05) is 0 Å². The molecule has 32 heavy (non-hydrogen) atoms. The highest BCUT2D eigenvalue weighted by Gasteiger charge is 2.37. The van der Waals surface area contributed by atoms with Crippen molar-refractivity contribution in [1.29, 1.82) is 0 Å². The Morgan fingerprint density at radius 3 is 2.59 bits per heavy atom. The van der Waals surface area contributed by atoms with Gasteiger partial charge in [-0.25, -0.2) is 14.5 Å². The maximum absolute atomic E-state index is 13.0. The Morgan fingerprint density at radius 1 is 1.09 bits per heavy atom. The van der Waals surface area contributed by atoms with Crippen LogP contribution < -0.4 is 10.2 Å². The number of hydrogen-bond acceptors (Lipinski definition) is 5. The molecule has 160 valence electrons. The zero-order valence-electron chi connectivity index (χ0n) is 16.6. The Morgan fingerprint density at radius 2 is 1.88 bits per heavy atom. The van der Waals surface area contributed by atoms with Crippen molar-refractivity contribution < 1.29 is 28.7 Å². The molecule has 0 bridgehead atoms. The fourth-order valence-electron chi connectivity index (χ4n) is 3.25. The van der Waals surface area contributed by atoms with Crippen LogP contribution in [0.2, 0.25) is 0 Å². The Hall–Kier alpha value is -3.98. The predicted octanol–water partition coefficient (Wildman–Crippen LogP) is 4.38. The van der Waals surface area contributed by atoms with Crippen molar-refractivity contribution in [2.75, 3.05) is 4.90 Å². The van der Waals surface area contributed by atoms with E-state index in [1.54, 1.807) is 49.4 Å². The van der Waals surface area contributed by atoms with Gasteiger partial charge in [-0.15, -0.1) is 0 Å². The number of benzene rings is 2. The highest BCUT2D eigenvalue weighted by atomic mass is 79.9. The van der Waals surface area contributed by atoms with Crippen LogP contribution in [0.5, 0.6) is 0 Å². The van der Waals surface area contributed by atoms with Crippen LogP contribution in [0.3, 0.4) is 0 Å². The number of barbiturate groups is 1. The minimum absolute atomic E-state index is 0.104. The van der Waals surface area contributed by atoms with Gasteiger partial charge in [-0.1, -0.05) is 28.1 Å². The molecule has 0 atom stereocenters. The molecule has 0 saturated carbocycles. The van der Waals surface area contributed by atoms with E-state index in [0.29, 0.717) is 21.5 Å². The van der Waals surface area contributed by atoms with Gasteiger partial charge in [-0.2, -0.15) is 0 Å². The molecule has 9 heteroatoms. The van der Waals surface area contributed by atoms with Gasteiger partial charge in [0, 0.05) is 10.0 Å². The molecule has 3 aromatic rings. The summed E-state index contributed by atoms with van der Waals surface area (Å²) >= 11 is 3.29. The number of aromatic carboxylic acids is 1. The number of halogens is 1. The first kappa shape index (κ1) is 21.3. The molecule has 0 spiro atoms. The predicted molar refractivity (Wildman–Crippen MR) is 119 cm³/mol. The maximum Gasteiger partial charge on any atom is 0.335 e. The topological polar surface area (TPSA) is 117 Å². The first-order valence-electron chi connectivity index (χ1n) is 9.36. The number of urea groups is 1. The van der Waals surface area contributed by atoms with Gasteiger partial charge in [0.1, 0.15) is 17.1 Å². The first-order valence-corrected chi connectivity index (χ1v) is 10.1. The summed E-state index contributed by atoms with van der Waals surface area (Å²) in [5.74, 6) is -2.13. The summed E-state index contributed by atoms with van der Waals surface area (Å²) < 4.78 is 6.42. The van der Waals surface area contributed by atoms with Crippen LogP contribution >= 0.6 is 15.9 Å². The molecule has 2 heterocycles. The lowest BCUT2D eigenvalue weighted by Crippen LogP contribution is -2.54. The summed E-state index contributed by atoms with van der Waals surface area (Å²) in [4.78, 5) is 49.8. The second-order valence-electron chi connectivity index (χ2n) is 6.97. The molecule has 0 radical (unpaired) electrons. The lowest BCUT2D eigenvalue weighted by molar-refractivity contribution is -0.122. The fourth-order valence-corrected chi connectivity index (χ4v) is 3.63. The van der Waals surface area contributed by atoms with Crippen molar-refractivity contribution in [2.45, 2.75) is 6.92 Å². The number of rotatable bonds is 4. The summed E-state index contributed by atoms with van der Waals surface area (Å²) in [5, 5.41) is 11.4. The average Bonchev–Trinajstić information content (AvgIpc) is 3.19. The van der Waals surface area contributed by atoms with E-state index in [-0.39, 0.29) is 16.9 Å². The zero-order chi connectivity index (χ0) is 23.0. The van der Waals surface area contributed by atoms with E-state index in [9.17, 15) is 24.3 Å². The number of carboxylic acids is 1. The third-order valence-corrected chi connectivity index (χ3v) is 5.32. The van der Waals surface area contributed by atoms with Gasteiger partial charge in [0.25, 0.3) is 11.8 Å². The molecule has 1 aliphatic heterocycles. The van der Waals surface area contributed by atoms with Crippen LogP contribution in [0.25, 0.3) is 17.4 Å². The molecule has 4 amide bonds. The number of nitrogens with zero attached hydrogens (tertiary/aromatic N) is 1. The Balaban J connectivity index is 1.70. The summed E-state index contributed by atoms with van der Waals surface area (Å²) in [7, 11) is 0. The first-order chi connectivity index (χ1) is 15.2. The highest BCUT2D eigenvalue weighted by molar-refractivity contribution is 9.10. The van der Waals surface area contributed by atoms with E-state index in [2.05, 4.69) is 21.2 Å². The summed E-state index contributed by atoms with van der Waals surface area (Å²) in [6.45, 7) is 1.81. The van der Waals surface area contributed by atoms with Crippen LogP contribution in [-0.2, 0) is 9.59 Å². The van der Waals surface area contributed by atoms with Crippen molar-refractivity contribution >= 4 is 51.5 Å². The molecule has 2 aromatic carbocycles. The van der Waals surface area contributed by atoms with Gasteiger partial charge in [0.15, 0.2) is 0 Å². The number of furan rings is 1. The second kappa shape index (κ2) is 8.27. The van der Waals surface area contributed by atoms with E-state index >= 15 is 0 Å². The Bertz CT molecular complexity index is 1320. The Kier molecular flexibility index (Phi) is 5.50. The molecular formula is C23H15BrN2O6. The summed E-state index contributed by atoms with van der Waals surface area (Å²) in [6.07, 6.45) is 1.25. The van der Waals surface area contributed by atoms with Crippen molar-refractivity contribution in [3.8, 4) is 11.3 Å². The van der Waals surface area contributed by atoms with Crippen molar-refractivity contribution in [3.63, 3.8) is 0 Å². The lowest BCUT2D eigenvalue weighted by Gasteiger charge is -2.26. The number of carboxylic acid groups (broad SMARTS) is 1. The van der Waals surface area contributed by atoms with E-state index in [4.69, 9.17) is 4.42 Å². The maximum atomic E-state index is 13.0. The van der Waals surface area contributed by atoms with Gasteiger partial charge in [0.05, 0.1) is 11.3 Å². The summed E-state index contributed by atoms with van der Waals surface area (Å²) in [5.41, 5.74) is 1.48. The number of nitrogens with one attached hydrogen (secondary N) is 1. The fraction of sp³-hybridized carbons (Fsp3) is 0.0435. The van der Waals surface area contributed by atoms with Gasteiger partial charge in [0.2, 0.25) is 0 Å². The van der Waals surface area contributed by atoms with Crippen LogP contribution in [0, 0.1) is 6.92 Å². The normalized spacial score (nSPS) is 15.2. The van der Waals surface area contributed by atoms with Gasteiger partial charge < -0.3 is 9.52 Å². The average molecular weight is 495 g/mol. The molecular weight excluding hydrogens is 480 g/mol. The SMILES string of the molecule is Cc1ccc(C(=O)O)cc1-c1ccc(/C=C2/C(=O)NC(=O)N(c3cccc(Br)c3)C2=O)o1. The molecule has 0 aliphatic carbocycles. The minimum atomic E-state index is -1.07. The highest BCUT2D eigenvalue weighted by Crippen LogP contribution is 2.29. The standard InChI is InChI=1S/C23H15BrN2O6/c1-12-5-6-13(22(29)30)9-17(12)19-8-7-16(32-19)11-18-20(27)25-23(31)26(21(18)28)15-4-2-3-14(24)10-15/h2-11H,1H3,(H,29,30)(H,25,27,31)/b18-11-. The van der Waals surface area contributed by atoms with Gasteiger partial charge >= 0.3 is 12.0 Å². The van der Waals surface area contributed by atoms with Gasteiger partial charge in [-0.05, 0) is 61.0 Å². The lowest BCUT2D eigenvalue weighted by atomic mass is 10.0. The van der Waals surface area contributed by atoms with E-state index in [1.165, 1.54) is 18.2 Å². The molecule has 0 unspecified atom stereocenters. The molecule has 1 saturated heterocycles. The number of carbonyl (C=O) groups excluding carboxylic acids is 3. The number of amides is 4. The molecule has 1 aliphatic rings. The molecule has 8 nitrogen and oxygen atoms in total. The molecule has 1 aromatic heterocycles. The number of anilines is 1. The number of aryl methyl sites for hydroxylation is 1. The second-order valence-corrected chi connectivity index (χ2v) is 7.89. The monoisotopic (exact) mass is 494 g/mol. The van der Waals surface area contributed by atoms with Gasteiger partial charge in [-0.3, -0.25) is 14.9 Å². The smallest absolute Gasteiger partial charge is 0.335 e. The van der Waals surface area contributed by atoms with E-state index < -0.39 is 23.8 Å². The quantitative estimate of drug-likeness (QED) is 0.410. The Labute approximate surface area is 190 Å². The van der Waals surface area contributed by atoms with Crippen molar-refractivity contribution in [2.24, 2.45) is 0 Å². The molecule has 1 fully saturated rings. The van der Waals surface area contributed by atoms with Crippen LogP contribution in [-0.4, -0.2) is 28.9 Å². The summed E-state index contributed by atoms with van der Waals surface area (Å²) in [6, 6.07) is 13.5. The van der Waals surface area contributed by atoms with Crippen LogP contribution in [0.15, 0.2) is 69.1 Å². The third kappa shape index (κ3) is 3.97. The van der Waals surface area contributed by atoms with E-state index in [0.717, 1.165) is 10.5 Å². The van der Waals surface area contributed by atoms with Crippen molar-refractivity contribution in [1.82, 2.24) is 5.32 Å². The molecule has 4 rings (SSSR count). The number of carbonyl (C=O) groups is 4. The third-order valence-electron chi connectivity index (χ3n) is 4.83. The molecule has 2 N–H and O–H groups in total. The number of hydrogen-bond donors (Lipinski definition) is 2. The zero-order valence-corrected chi connectivity index (χ0v) is 18.2. The number of imide groups is 2. The van der Waals surface area contributed by atoms with Crippen LogP contribution in [0.4, 0.5) is 10.5 Å². The minimum Gasteiger partial charge on any atom is -0.478 e.